The van der Waals surface area contributed by atoms with Crippen molar-refractivity contribution >= 4 is 6.03 Å². The topological polar surface area (TPSA) is 78.5 Å². The number of aromatic nitrogens is 6. The molecule has 0 bridgehead atoms. The van der Waals surface area contributed by atoms with Gasteiger partial charge in [-0.15, -0.1) is 9.78 Å². The molecule has 84 valence electrons. The smallest absolute Gasteiger partial charge is 0.243 e. The zero-order valence-electron chi connectivity index (χ0n) is 8.70. The third-order valence-electron chi connectivity index (χ3n) is 1.90. The van der Waals surface area contributed by atoms with Crippen molar-refractivity contribution in [1.82, 2.24) is 29.5 Å². The van der Waals surface area contributed by atoms with Crippen molar-refractivity contribution in [1.29, 1.82) is 0 Å². The molecule has 0 N–H and O–H groups in total. The molecule has 0 saturated carbocycles. The highest BCUT2D eigenvalue weighted by molar-refractivity contribution is 5.76. The molecule has 0 amide bonds. The van der Waals surface area contributed by atoms with Crippen LogP contribution in [-0.2, 0) is 0 Å². The van der Waals surface area contributed by atoms with Crippen molar-refractivity contribution in [2.24, 2.45) is 0 Å². The second-order valence-corrected chi connectivity index (χ2v) is 3.43. The van der Waals surface area contributed by atoms with E-state index in [4.69, 9.17) is 0 Å². The first-order valence-electron chi connectivity index (χ1n) is 4.61. The Balaban J connectivity index is 2.37. The summed E-state index contributed by atoms with van der Waals surface area (Å²) in [4.78, 5) is 18.8. The summed E-state index contributed by atoms with van der Waals surface area (Å²) in [6, 6.07) is -0.755. The second kappa shape index (κ2) is 3.80. The lowest BCUT2D eigenvalue weighted by Crippen LogP contribution is -2.22. The van der Waals surface area contributed by atoms with Crippen LogP contribution in [-0.4, -0.2) is 35.6 Å². The molecular formula is C8H9FN6O. The number of nitrogens with zero attached hydrogens (tertiary/aromatic N) is 6. The van der Waals surface area contributed by atoms with E-state index in [1.54, 1.807) is 13.8 Å². The molecule has 0 radical (unpaired) electrons. The van der Waals surface area contributed by atoms with Crippen molar-refractivity contribution in [2.75, 3.05) is 0 Å². The zero-order valence-corrected chi connectivity index (χ0v) is 8.70. The Kier molecular flexibility index (Phi) is 2.47. The fourth-order valence-corrected chi connectivity index (χ4v) is 1.08. The van der Waals surface area contributed by atoms with Crippen LogP contribution in [0.5, 0.6) is 0 Å². The molecule has 0 aliphatic carbocycles. The van der Waals surface area contributed by atoms with E-state index in [1.807, 2.05) is 0 Å². The molecule has 2 rings (SSSR count). The minimum atomic E-state index is -0.954. The highest BCUT2D eigenvalue weighted by Crippen LogP contribution is 2.09. The predicted molar refractivity (Wildman–Crippen MR) is 50.3 cm³/mol. The Bertz CT molecular complexity index is 503. The normalized spacial score (nSPS) is 11.0. The highest BCUT2D eigenvalue weighted by Gasteiger charge is 2.19. The van der Waals surface area contributed by atoms with E-state index in [0.29, 0.717) is 4.68 Å². The van der Waals surface area contributed by atoms with E-state index in [9.17, 15) is 9.18 Å². The first kappa shape index (κ1) is 10.4. The van der Waals surface area contributed by atoms with Crippen molar-refractivity contribution in [3.05, 3.63) is 24.6 Å². The van der Waals surface area contributed by atoms with E-state index in [0.717, 1.165) is 4.68 Å². The average molecular weight is 224 g/mol. The van der Waals surface area contributed by atoms with Gasteiger partial charge >= 0.3 is 12.1 Å². The maximum Gasteiger partial charge on any atom is 0.374 e. The van der Waals surface area contributed by atoms with Crippen molar-refractivity contribution in [3.63, 3.8) is 0 Å². The summed E-state index contributed by atoms with van der Waals surface area (Å²) in [5, 5.41) is 7.35. The van der Waals surface area contributed by atoms with E-state index in [-0.39, 0.29) is 11.7 Å². The lowest BCUT2D eigenvalue weighted by Gasteiger charge is -1.98. The summed E-state index contributed by atoms with van der Waals surface area (Å²) < 4.78 is 14.8. The van der Waals surface area contributed by atoms with Gasteiger partial charge in [-0.3, -0.25) is 0 Å². The summed E-state index contributed by atoms with van der Waals surface area (Å²) in [5.74, 6) is 0.213. The van der Waals surface area contributed by atoms with Gasteiger partial charge in [0, 0.05) is 5.92 Å². The second-order valence-electron chi connectivity index (χ2n) is 3.43. The van der Waals surface area contributed by atoms with Gasteiger partial charge in [-0.2, -0.15) is 19.2 Å². The third kappa shape index (κ3) is 1.69. The number of hydrogen-bond donors (Lipinski definition) is 0. The van der Waals surface area contributed by atoms with Crippen LogP contribution >= 0.6 is 0 Å². The van der Waals surface area contributed by atoms with Gasteiger partial charge in [0.05, 0.1) is 0 Å². The Hall–Kier alpha value is -2.12. The molecule has 0 aromatic carbocycles. The molecule has 0 saturated heterocycles. The van der Waals surface area contributed by atoms with E-state index < -0.39 is 12.1 Å². The molecule has 0 unspecified atom stereocenters. The van der Waals surface area contributed by atoms with Crippen LogP contribution in [0.3, 0.4) is 0 Å². The largest absolute Gasteiger partial charge is 0.374 e. The number of carbonyl (C=O) groups excluding carboxylic acids is 1. The van der Waals surface area contributed by atoms with Gasteiger partial charge in [0.1, 0.15) is 12.7 Å². The Morgan fingerprint density at radius 2 is 2.25 bits per heavy atom. The Morgan fingerprint density at radius 3 is 2.75 bits per heavy atom. The Labute approximate surface area is 89.9 Å². The van der Waals surface area contributed by atoms with E-state index >= 15 is 0 Å². The summed E-state index contributed by atoms with van der Waals surface area (Å²) in [7, 11) is 0. The van der Waals surface area contributed by atoms with Crippen LogP contribution in [0.25, 0.3) is 0 Å². The lowest BCUT2D eigenvalue weighted by atomic mass is 10.2. The molecule has 0 aliphatic heterocycles. The average Bonchev–Trinajstić information content (AvgIpc) is 2.84. The van der Waals surface area contributed by atoms with Gasteiger partial charge < -0.3 is 0 Å². The monoisotopic (exact) mass is 224 g/mol. The molecule has 0 aliphatic rings. The maximum absolute atomic E-state index is 13.3. The first-order chi connectivity index (χ1) is 7.59. The quantitative estimate of drug-likeness (QED) is 0.710. The van der Waals surface area contributed by atoms with Crippen molar-refractivity contribution in [2.45, 2.75) is 19.8 Å². The first-order valence-corrected chi connectivity index (χ1v) is 4.61. The molecular weight excluding hydrogens is 215 g/mol. The Morgan fingerprint density at radius 1 is 1.50 bits per heavy atom. The minimum absolute atomic E-state index is 0.0562. The molecule has 7 nitrogen and oxygen atoms in total. The summed E-state index contributed by atoms with van der Waals surface area (Å²) >= 11 is 0. The van der Waals surface area contributed by atoms with Gasteiger partial charge in [0.25, 0.3) is 0 Å². The molecule has 0 atom stereocenters. The van der Waals surface area contributed by atoms with Gasteiger partial charge in [0.15, 0.2) is 5.82 Å². The van der Waals surface area contributed by atoms with Gasteiger partial charge in [-0.05, 0) is 0 Å². The van der Waals surface area contributed by atoms with Crippen molar-refractivity contribution in [3.8, 4) is 0 Å². The molecule has 0 spiro atoms. The molecule has 2 heterocycles. The van der Waals surface area contributed by atoms with Crippen LogP contribution in [0.2, 0.25) is 0 Å². The summed E-state index contributed by atoms with van der Waals surface area (Å²) in [6.07, 6.45) is 1.39. The molecule has 16 heavy (non-hydrogen) atoms. The summed E-state index contributed by atoms with van der Waals surface area (Å²) in [6.45, 7) is 3.61. The van der Waals surface area contributed by atoms with Crippen LogP contribution in [0, 0.1) is 6.08 Å². The van der Waals surface area contributed by atoms with Crippen LogP contribution < -0.4 is 0 Å². The third-order valence-corrected chi connectivity index (χ3v) is 1.90. The molecule has 2 aromatic rings. The molecule has 8 heteroatoms. The molecule has 2 aromatic heterocycles. The van der Waals surface area contributed by atoms with Crippen molar-refractivity contribution < 1.29 is 9.18 Å². The maximum atomic E-state index is 13.3. The predicted octanol–water partition coefficient (Wildman–Crippen LogP) is 0.648. The van der Waals surface area contributed by atoms with Crippen LogP contribution in [0.15, 0.2) is 12.7 Å². The highest BCUT2D eigenvalue weighted by atomic mass is 19.1. The fraction of sp³-hybridized carbons (Fsp3) is 0.375. The number of halogens is 1. The van der Waals surface area contributed by atoms with E-state index in [2.05, 4.69) is 20.2 Å². The number of carbonyl (C=O) groups is 1. The van der Waals surface area contributed by atoms with Gasteiger partial charge in [-0.1, -0.05) is 13.8 Å². The fourth-order valence-electron chi connectivity index (χ4n) is 1.08. The molecule has 0 fully saturated rings. The standard InChI is InChI=1S/C8H9FN6O/c1-5(2)6-12-7(9)15(13-6)8(16)14-4-10-3-11-14/h3-5H,1-2H3. The van der Waals surface area contributed by atoms with Gasteiger partial charge in [0.2, 0.25) is 0 Å². The minimum Gasteiger partial charge on any atom is -0.243 e. The van der Waals surface area contributed by atoms with Crippen LogP contribution in [0.4, 0.5) is 9.18 Å². The number of hydrogen-bond acceptors (Lipinski definition) is 5. The van der Waals surface area contributed by atoms with E-state index in [1.165, 1.54) is 12.7 Å². The lowest BCUT2D eigenvalue weighted by molar-refractivity contribution is 0.233. The SMILES string of the molecule is CC(C)c1nc(F)n(C(=O)n2cncn2)n1. The number of rotatable bonds is 1. The zero-order chi connectivity index (χ0) is 11.7. The summed E-state index contributed by atoms with van der Waals surface area (Å²) in [5.41, 5.74) is 0. The van der Waals surface area contributed by atoms with Crippen LogP contribution in [0.1, 0.15) is 25.6 Å². The van der Waals surface area contributed by atoms with Gasteiger partial charge in [-0.25, -0.2) is 9.78 Å².